The van der Waals surface area contributed by atoms with Crippen molar-refractivity contribution in [3.8, 4) is 0 Å². The Labute approximate surface area is 167 Å². The highest BCUT2D eigenvalue weighted by Crippen LogP contribution is 2.22. The van der Waals surface area contributed by atoms with Gasteiger partial charge in [0, 0.05) is 25.2 Å². The molecule has 1 aliphatic heterocycles. The second-order valence-corrected chi connectivity index (χ2v) is 7.85. The third-order valence-corrected chi connectivity index (χ3v) is 5.56. The number of nitrogens with one attached hydrogen (secondary N) is 1. The van der Waals surface area contributed by atoms with Crippen molar-refractivity contribution in [2.75, 3.05) is 18.5 Å². The summed E-state index contributed by atoms with van der Waals surface area (Å²) in [6.45, 7) is 1.65. The Morgan fingerprint density at radius 1 is 1.21 bits per heavy atom. The zero-order valence-corrected chi connectivity index (χ0v) is 16.2. The first-order chi connectivity index (χ1) is 13.7. The van der Waals surface area contributed by atoms with Crippen molar-refractivity contribution in [3.63, 3.8) is 0 Å². The highest BCUT2D eigenvalue weighted by Gasteiger charge is 2.20. The average molecular weight is 395 g/mol. The van der Waals surface area contributed by atoms with Crippen LogP contribution < -0.4 is 5.32 Å². The zero-order valence-electron chi connectivity index (χ0n) is 15.4. The first kappa shape index (κ1) is 18.6. The Balaban J connectivity index is 1.27. The van der Waals surface area contributed by atoms with Crippen LogP contribution in [-0.4, -0.2) is 34.8 Å². The zero-order chi connectivity index (χ0) is 19.3. The summed E-state index contributed by atoms with van der Waals surface area (Å²) in [6, 6.07) is 15.5. The molecule has 2 amide bonds. The predicted octanol–water partition coefficient (Wildman–Crippen LogP) is 3.57. The SMILES string of the molecule is O=C(COCc1nc2ccccc2s1)Nc1cccc(CN2CCCC2=O)c1. The van der Waals surface area contributed by atoms with E-state index in [-0.39, 0.29) is 18.4 Å². The third-order valence-electron chi connectivity index (χ3n) is 4.55. The van der Waals surface area contributed by atoms with Crippen LogP contribution in [0.2, 0.25) is 0 Å². The number of hydrogen-bond donors (Lipinski definition) is 1. The van der Waals surface area contributed by atoms with Crippen LogP contribution in [0.15, 0.2) is 48.5 Å². The highest BCUT2D eigenvalue weighted by molar-refractivity contribution is 7.18. The number of hydrogen-bond acceptors (Lipinski definition) is 5. The molecule has 0 aliphatic carbocycles. The number of likely N-dealkylation sites (tertiary alicyclic amines) is 1. The molecule has 0 radical (unpaired) electrons. The number of nitrogens with zero attached hydrogens (tertiary/aromatic N) is 2. The molecule has 1 saturated heterocycles. The van der Waals surface area contributed by atoms with Crippen molar-refractivity contribution in [1.29, 1.82) is 0 Å². The lowest BCUT2D eigenvalue weighted by molar-refractivity contribution is -0.128. The van der Waals surface area contributed by atoms with Crippen LogP contribution in [0, 0.1) is 0 Å². The Kier molecular flexibility index (Phi) is 5.64. The quantitative estimate of drug-likeness (QED) is 0.664. The number of rotatable bonds is 7. The maximum atomic E-state index is 12.2. The first-order valence-electron chi connectivity index (χ1n) is 9.26. The van der Waals surface area contributed by atoms with Gasteiger partial charge in [0.15, 0.2) is 0 Å². The van der Waals surface area contributed by atoms with Crippen molar-refractivity contribution in [2.45, 2.75) is 26.0 Å². The molecule has 0 atom stereocenters. The molecule has 6 nitrogen and oxygen atoms in total. The summed E-state index contributed by atoms with van der Waals surface area (Å²) in [7, 11) is 0. The maximum Gasteiger partial charge on any atom is 0.250 e. The van der Waals surface area contributed by atoms with Gasteiger partial charge in [-0.2, -0.15) is 0 Å². The normalized spacial score (nSPS) is 14.0. The molecule has 1 N–H and O–H groups in total. The van der Waals surface area contributed by atoms with Crippen molar-refractivity contribution in [2.24, 2.45) is 0 Å². The van der Waals surface area contributed by atoms with Crippen molar-refractivity contribution in [3.05, 3.63) is 59.1 Å². The Morgan fingerprint density at radius 3 is 2.93 bits per heavy atom. The lowest BCUT2D eigenvalue weighted by Gasteiger charge is -2.16. The van der Waals surface area contributed by atoms with E-state index in [1.165, 1.54) is 0 Å². The summed E-state index contributed by atoms with van der Waals surface area (Å²) in [4.78, 5) is 30.3. The van der Waals surface area contributed by atoms with Gasteiger partial charge in [-0.15, -0.1) is 11.3 Å². The summed E-state index contributed by atoms with van der Waals surface area (Å²) >= 11 is 1.57. The summed E-state index contributed by atoms with van der Waals surface area (Å²) in [5, 5.41) is 3.70. The molecular formula is C21H21N3O3S. The third kappa shape index (κ3) is 4.55. The number of thiazole rings is 1. The second kappa shape index (κ2) is 8.50. The number of anilines is 1. The molecule has 144 valence electrons. The Morgan fingerprint density at radius 2 is 2.11 bits per heavy atom. The van der Waals surface area contributed by atoms with Gasteiger partial charge in [0.25, 0.3) is 0 Å². The van der Waals surface area contributed by atoms with Crippen LogP contribution in [0.25, 0.3) is 10.2 Å². The van der Waals surface area contributed by atoms with Crippen LogP contribution >= 0.6 is 11.3 Å². The van der Waals surface area contributed by atoms with E-state index >= 15 is 0 Å². The van der Waals surface area contributed by atoms with Crippen LogP contribution in [-0.2, 0) is 27.5 Å². The minimum absolute atomic E-state index is 0.0369. The molecule has 1 aliphatic rings. The first-order valence-corrected chi connectivity index (χ1v) is 10.1. The van der Waals surface area contributed by atoms with Crippen molar-refractivity contribution < 1.29 is 14.3 Å². The van der Waals surface area contributed by atoms with E-state index in [1.54, 1.807) is 11.3 Å². The Bertz CT molecular complexity index is 968. The van der Waals surface area contributed by atoms with Crippen LogP contribution in [0.3, 0.4) is 0 Å². The molecule has 0 unspecified atom stereocenters. The van der Waals surface area contributed by atoms with Gasteiger partial charge in [0.05, 0.1) is 16.8 Å². The molecule has 2 aromatic carbocycles. The molecule has 2 heterocycles. The molecule has 0 bridgehead atoms. The molecule has 4 rings (SSSR count). The largest absolute Gasteiger partial charge is 0.364 e. The van der Waals surface area contributed by atoms with Gasteiger partial charge in [-0.05, 0) is 36.2 Å². The van der Waals surface area contributed by atoms with Crippen LogP contribution in [0.5, 0.6) is 0 Å². The topological polar surface area (TPSA) is 71.5 Å². The summed E-state index contributed by atoms with van der Waals surface area (Å²) in [6.07, 6.45) is 1.55. The summed E-state index contributed by atoms with van der Waals surface area (Å²) in [5.41, 5.74) is 2.66. The molecule has 28 heavy (non-hydrogen) atoms. The van der Waals surface area contributed by atoms with Gasteiger partial charge >= 0.3 is 0 Å². The van der Waals surface area contributed by atoms with E-state index < -0.39 is 0 Å². The Hall–Kier alpha value is -2.77. The lowest BCUT2D eigenvalue weighted by atomic mass is 10.2. The number of ether oxygens (including phenoxy) is 1. The van der Waals surface area contributed by atoms with E-state index in [0.29, 0.717) is 25.3 Å². The van der Waals surface area contributed by atoms with Gasteiger partial charge in [0.1, 0.15) is 11.6 Å². The van der Waals surface area contributed by atoms with Gasteiger partial charge < -0.3 is 15.0 Å². The number of benzene rings is 2. The number of fused-ring (bicyclic) bond motifs is 1. The van der Waals surface area contributed by atoms with E-state index in [9.17, 15) is 9.59 Å². The fourth-order valence-corrected chi connectivity index (χ4v) is 4.15. The van der Waals surface area contributed by atoms with E-state index in [0.717, 1.165) is 33.8 Å². The fourth-order valence-electron chi connectivity index (χ4n) is 3.25. The highest BCUT2D eigenvalue weighted by atomic mass is 32.1. The minimum Gasteiger partial charge on any atom is -0.364 e. The summed E-state index contributed by atoms with van der Waals surface area (Å²) in [5.74, 6) is -0.0202. The molecule has 1 fully saturated rings. The monoisotopic (exact) mass is 395 g/mol. The number of carbonyl (C=O) groups excluding carboxylic acids is 2. The van der Waals surface area contributed by atoms with Crippen LogP contribution in [0.1, 0.15) is 23.4 Å². The number of amides is 2. The van der Waals surface area contributed by atoms with E-state index in [1.807, 2.05) is 53.4 Å². The molecule has 1 aromatic heterocycles. The molecule has 0 saturated carbocycles. The fraction of sp³-hybridized carbons (Fsp3) is 0.286. The van der Waals surface area contributed by atoms with E-state index in [2.05, 4.69) is 10.3 Å². The molecule has 3 aromatic rings. The minimum atomic E-state index is -0.212. The number of carbonyl (C=O) groups is 2. The van der Waals surface area contributed by atoms with E-state index in [4.69, 9.17) is 4.74 Å². The van der Waals surface area contributed by atoms with Crippen molar-refractivity contribution in [1.82, 2.24) is 9.88 Å². The summed E-state index contributed by atoms with van der Waals surface area (Å²) < 4.78 is 6.63. The number of aromatic nitrogens is 1. The van der Waals surface area contributed by atoms with Crippen molar-refractivity contribution >= 4 is 39.1 Å². The number of para-hydroxylation sites is 1. The maximum absolute atomic E-state index is 12.2. The van der Waals surface area contributed by atoms with Gasteiger partial charge in [-0.3, -0.25) is 9.59 Å². The molecule has 7 heteroatoms. The van der Waals surface area contributed by atoms with Crippen LogP contribution in [0.4, 0.5) is 5.69 Å². The van der Waals surface area contributed by atoms with Gasteiger partial charge in [-0.1, -0.05) is 24.3 Å². The molecule has 0 spiro atoms. The lowest BCUT2D eigenvalue weighted by Crippen LogP contribution is -2.24. The molecular weight excluding hydrogens is 374 g/mol. The predicted molar refractivity (Wildman–Crippen MR) is 109 cm³/mol. The second-order valence-electron chi connectivity index (χ2n) is 6.74. The van der Waals surface area contributed by atoms with Gasteiger partial charge in [0.2, 0.25) is 11.8 Å². The van der Waals surface area contributed by atoms with Gasteiger partial charge in [-0.25, -0.2) is 4.98 Å². The average Bonchev–Trinajstić information content (AvgIpc) is 3.28. The smallest absolute Gasteiger partial charge is 0.250 e. The standard InChI is InChI=1S/C21H21N3O3S/c25-19(13-27-14-20-23-17-7-1-2-8-18(17)28-20)22-16-6-3-5-15(11-16)12-24-10-4-9-21(24)26/h1-3,5-8,11H,4,9-10,12-14H2,(H,22,25).